The second kappa shape index (κ2) is 8.62. The maximum Gasteiger partial charge on any atom is 0.251 e. The molecule has 0 saturated heterocycles. The molecule has 8 heteroatoms. The summed E-state index contributed by atoms with van der Waals surface area (Å²) in [5.74, 6) is -0.712. The van der Waals surface area contributed by atoms with E-state index in [9.17, 15) is 13.2 Å². The molecule has 0 saturated carbocycles. The summed E-state index contributed by atoms with van der Waals surface area (Å²) in [6, 6.07) is 15.3. The van der Waals surface area contributed by atoms with Gasteiger partial charge in [-0.3, -0.25) is 4.79 Å². The van der Waals surface area contributed by atoms with Crippen LogP contribution in [0.3, 0.4) is 0 Å². The number of hydrogen-bond donors (Lipinski definition) is 2. The van der Waals surface area contributed by atoms with Crippen molar-refractivity contribution in [2.75, 3.05) is 12.3 Å². The average molecular weight is 378 g/mol. The van der Waals surface area contributed by atoms with Crippen molar-refractivity contribution in [3.8, 4) is 6.07 Å². The van der Waals surface area contributed by atoms with Crippen molar-refractivity contribution in [1.82, 2.24) is 10.0 Å². The van der Waals surface area contributed by atoms with E-state index in [-0.39, 0.29) is 35.0 Å². The van der Waals surface area contributed by atoms with E-state index in [0.717, 1.165) is 5.56 Å². The Balaban J connectivity index is 1.85. The van der Waals surface area contributed by atoms with Crippen LogP contribution < -0.4 is 10.0 Å². The average Bonchev–Trinajstić information content (AvgIpc) is 2.61. The summed E-state index contributed by atoms with van der Waals surface area (Å²) in [5.41, 5.74) is 1.28. The third-order valence-corrected chi connectivity index (χ3v) is 5.00. The highest BCUT2D eigenvalue weighted by Gasteiger charge is 2.12. The lowest BCUT2D eigenvalue weighted by molar-refractivity contribution is 0.0956. The number of hydrogen-bond acceptors (Lipinski definition) is 4. The van der Waals surface area contributed by atoms with E-state index in [1.165, 1.54) is 18.2 Å². The van der Waals surface area contributed by atoms with Gasteiger partial charge < -0.3 is 5.32 Å². The van der Waals surface area contributed by atoms with Gasteiger partial charge >= 0.3 is 0 Å². The van der Waals surface area contributed by atoms with Crippen molar-refractivity contribution in [2.24, 2.45) is 0 Å². The molecule has 6 nitrogen and oxygen atoms in total. The molecule has 2 N–H and O–H groups in total. The number of nitriles is 1. The van der Waals surface area contributed by atoms with Gasteiger partial charge in [-0.1, -0.05) is 41.9 Å². The lowest BCUT2D eigenvalue weighted by atomic mass is 10.1. The highest BCUT2D eigenvalue weighted by atomic mass is 35.5. The second-order valence-electron chi connectivity index (χ2n) is 5.19. The van der Waals surface area contributed by atoms with Gasteiger partial charge in [0.05, 0.1) is 16.3 Å². The molecule has 2 aromatic rings. The third-order valence-electron chi connectivity index (χ3n) is 3.34. The molecule has 0 bridgehead atoms. The molecule has 0 atom stereocenters. The molecule has 130 valence electrons. The van der Waals surface area contributed by atoms with Crippen LogP contribution in [-0.2, 0) is 16.6 Å². The molecular formula is C17H16ClN3O3S. The fourth-order valence-corrected chi connectivity index (χ4v) is 3.08. The van der Waals surface area contributed by atoms with E-state index in [4.69, 9.17) is 16.9 Å². The summed E-state index contributed by atoms with van der Waals surface area (Å²) < 4.78 is 26.4. The predicted octanol–water partition coefficient (Wildman–Crippen LogP) is 2.06. The highest BCUT2D eigenvalue weighted by Crippen LogP contribution is 2.16. The van der Waals surface area contributed by atoms with Crippen molar-refractivity contribution < 1.29 is 13.2 Å². The van der Waals surface area contributed by atoms with Gasteiger partial charge in [-0.25, -0.2) is 13.1 Å². The quantitative estimate of drug-likeness (QED) is 0.771. The Bertz CT molecular complexity index is 893. The van der Waals surface area contributed by atoms with E-state index in [2.05, 4.69) is 10.0 Å². The number of carbonyl (C=O) groups is 1. The Kier molecular flexibility index (Phi) is 6.53. The van der Waals surface area contributed by atoms with Crippen LogP contribution in [0.1, 0.15) is 21.5 Å². The molecule has 0 aliphatic rings. The largest absolute Gasteiger partial charge is 0.351 e. The fraction of sp³-hybridized carbons (Fsp3) is 0.176. The van der Waals surface area contributed by atoms with Gasteiger partial charge in [-0.2, -0.15) is 5.26 Å². The second-order valence-corrected chi connectivity index (χ2v) is 7.52. The summed E-state index contributed by atoms with van der Waals surface area (Å²) in [6.07, 6.45) is 0. The first-order valence-electron chi connectivity index (χ1n) is 7.40. The van der Waals surface area contributed by atoms with Gasteiger partial charge in [-0.05, 0) is 23.8 Å². The molecule has 0 spiro atoms. The Labute approximate surface area is 151 Å². The number of sulfonamides is 1. The van der Waals surface area contributed by atoms with Crippen LogP contribution in [0.25, 0.3) is 0 Å². The van der Waals surface area contributed by atoms with Gasteiger partial charge in [0.15, 0.2) is 0 Å². The van der Waals surface area contributed by atoms with Gasteiger partial charge in [0.25, 0.3) is 5.91 Å². The summed E-state index contributed by atoms with van der Waals surface area (Å²) in [4.78, 5) is 12.0. The lowest BCUT2D eigenvalue weighted by Crippen LogP contribution is -2.34. The zero-order chi connectivity index (χ0) is 18.3. The van der Waals surface area contributed by atoms with E-state index in [1.807, 2.05) is 36.4 Å². The van der Waals surface area contributed by atoms with Crippen LogP contribution in [0.4, 0.5) is 0 Å². The Hall–Kier alpha value is -2.40. The highest BCUT2D eigenvalue weighted by molar-refractivity contribution is 7.89. The minimum Gasteiger partial charge on any atom is -0.351 e. The molecule has 2 aromatic carbocycles. The Morgan fingerprint density at radius 2 is 1.88 bits per heavy atom. The molecule has 0 unspecified atom stereocenters. The number of nitrogens with one attached hydrogen (secondary N) is 2. The molecule has 25 heavy (non-hydrogen) atoms. The molecule has 0 aliphatic carbocycles. The molecule has 1 amide bonds. The number of nitrogens with zero attached hydrogens (tertiary/aromatic N) is 1. The number of halogens is 1. The molecule has 0 heterocycles. The van der Waals surface area contributed by atoms with Crippen molar-refractivity contribution in [3.05, 3.63) is 70.2 Å². The molecule has 0 radical (unpaired) electrons. The number of amides is 1. The van der Waals surface area contributed by atoms with Gasteiger partial charge in [0.2, 0.25) is 10.0 Å². The van der Waals surface area contributed by atoms with Crippen molar-refractivity contribution >= 4 is 27.5 Å². The summed E-state index contributed by atoms with van der Waals surface area (Å²) in [7, 11) is -3.52. The van der Waals surface area contributed by atoms with Crippen LogP contribution in [0.15, 0.2) is 48.5 Å². The van der Waals surface area contributed by atoms with Gasteiger partial charge in [-0.15, -0.1) is 0 Å². The van der Waals surface area contributed by atoms with E-state index < -0.39 is 15.9 Å². The first kappa shape index (κ1) is 18.9. The monoisotopic (exact) mass is 377 g/mol. The minimum absolute atomic E-state index is 0.0481. The maximum atomic E-state index is 12.0. The Morgan fingerprint density at radius 3 is 2.56 bits per heavy atom. The van der Waals surface area contributed by atoms with Gasteiger partial charge in [0, 0.05) is 18.7 Å². The van der Waals surface area contributed by atoms with E-state index in [1.54, 1.807) is 0 Å². The standard InChI is InChI=1S/C17H16ClN3O3S/c18-16-7-6-14(10-15(16)11-19)17(22)20-8-9-25(23,24)21-12-13-4-2-1-3-5-13/h1-7,10,21H,8-9,12H2,(H,20,22). The maximum absolute atomic E-state index is 12.0. The van der Waals surface area contributed by atoms with Crippen LogP contribution in [0, 0.1) is 11.3 Å². The summed E-state index contributed by atoms with van der Waals surface area (Å²) in [6.45, 7) is 0.146. The van der Waals surface area contributed by atoms with Crippen molar-refractivity contribution in [1.29, 1.82) is 5.26 Å². The van der Waals surface area contributed by atoms with Crippen LogP contribution in [-0.4, -0.2) is 26.6 Å². The predicted molar refractivity (Wildman–Crippen MR) is 95.6 cm³/mol. The number of carbonyl (C=O) groups excluding carboxylic acids is 1. The van der Waals surface area contributed by atoms with Crippen LogP contribution in [0.5, 0.6) is 0 Å². The molecular weight excluding hydrogens is 362 g/mol. The smallest absolute Gasteiger partial charge is 0.251 e. The third kappa shape index (κ3) is 5.87. The van der Waals surface area contributed by atoms with Crippen molar-refractivity contribution in [3.63, 3.8) is 0 Å². The lowest BCUT2D eigenvalue weighted by Gasteiger charge is -2.08. The number of rotatable bonds is 7. The van der Waals surface area contributed by atoms with E-state index in [0.29, 0.717) is 0 Å². The number of benzene rings is 2. The Morgan fingerprint density at radius 1 is 1.16 bits per heavy atom. The summed E-state index contributed by atoms with van der Waals surface area (Å²) in [5, 5.41) is 11.7. The minimum atomic E-state index is -3.52. The first-order chi connectivity index (χ1) is 11.9. The van der Waals surface area contributed by atoms with E-state index >= 15 is 0 Å². The van der Waals surface area contributed by atoms with Gasteiger partial charge in [0.1, 0.15) is 6.07 Å². The zero-order valence-electron chi connectivity index (χ0n) is 13.2. The molecule has 2 rings (SSSR count). The molecule has 0 aromatic heterocycles. The van der Waals surface area contributed by atoms with Crippen molar-refractivity contribution in [2.45, 2.75) is 6.54 Å². The summed E-state index contributed by atoms with van der Waals surface area (Å²) >= 11 is 5.81. The van der Waals surface area contributed by atoms with Crippen LogP contribution in [0.2, 0.25) is 5.02 Å². The first-order valence-corrected chi connectivity index (χ1v) is 9.43. The topological polar surface area (TPSA) is 99.1 Å². The van der Waals surface area contributed by atoms with Crippen LogP contribution >= 0.6 is 11.6 Å². The fourth-order valence-electron chi connectivity index (χ4n) is 2.01. The molecule has 0 aliphatic heterocycles. The zero-order valence-corrected chi connectivity index (χ0v) is 14.8. The SMILES string of the molecule is N#Cc1cc(C(=O)NCCS(=O)(=O)NCc2ccccc2)ccc1Cl. The normalized spacial score (nSPS) is 10.9. The molecule has 0 fully saturated rings.